The highest BCUT2D eigenvalue weighted by Gasteiger charge is 2.18. The van der Waals surface area contributed by atoms with Crippen molar-refractivity contribution in [1.29, 1.82) is 0 Å². The van der Waals surface area contributed by atoms with E-state index in [4.69, 9.17) is 25.8 Å². The van der Waals surface area contributed by atoms with Crippen molar-refractivity contribution >= 4 is 27.3 Å². The summed E-state index contributed by atoms with van der Waals surface area (Å²) in [6.45, 7) is -0.0521. The van der Waals surface area contributed by atoms with Crippen molar-refractivity contribution in [2.24, 2.45) is 0 Å². The number of hydrogen-bond donors (Lipinski definition) is 1. The summed E-state index contributed by atoms with van der Waals surface area (Å²) in [5, 5.41) is 4.14. The van der Waals surface area contributed by atoms with Crippen molar-refractivity contribution in [3.63, 3.8) is 0 Å². The molecule has 0 radical (unpaired) electrons. The Bertz CT molecular complexity index is 1120. The smallest absolute Gasteiger partial charge is 0.262 e. The average Bonchev–Trinajstić information content (AvgIpc) is 3.13. The van der Waals surface area contributed by atoms with Crippen LogP contribution in [0.5, 0.6) is 17.2 Å². The van der Waals surface area contributed by atoms with Gasteiger partial charge in [0.15, 0.2) is 18.2 Å². The third kappa shape index (κ3) is 4.90. The third-order valence-corrected chi connectivity index (χ3v) is 5.47. The highest BCUT2D eigenvalue weighted by atomic mass is 35.5. The number of nitrogens with one attached hydrogen (secondary N) is 1. The van der Waals surface area contributed by atoms with Gasteiger partial charge in [0.1, 0.15) is 11.6 Å². The van der Waals surface area contributed by atoms with Crippen molar-refractivity contribution in [2.75, 3.05) is 18.9 Å². The first-order chi connectivity index (χ1) is 13.8. The summed E-state index contributed by atoms with van der Waals surface area (Å²) in [4.78, 5) is -0.00255. The Morgan fingerprint density at radius 1 is 1.10 bits per heavy atom. The Hall–Kier alpha value is -2.98. The number of anilines is 1. The topological polar surface area (TPSA) is 91.7 Å². The van der Waals surface area contributed by atoms with E-state index in [9.17, 15) is 12.8 Å². The standard InChI is InChI=1S/C18H17ClFN3O5S/c1-26-17-6-4-14(8-18(17)27-2)29(24,25)22-13-9-21-23(10-13)11-28-16-5-3-12(20)7-15(16)19/h3-10,22H,11H2,1-2H3. The highest BCUT2D eigenvalue weighted by molar-refractivity contribution is 7.92. The fourth-order valence-electron chi connectivity index (χ4n) is 2.41. The van der Waals surface area contributed by atoms with Gasteiger partial charge in [0.2, 0.25) is 0 Å². The van der Waals surface area contributed by atoms with Gasteiger partial charge in [-0.1, -0.05) is 11.6 Å². The zero-order valence-corrected chi connectivity index (χ0v) is 17.0. The predicted molar refractivity (Wildman–Crippen MR) is 105 cm³/mol. The van der Waals surface area contributed by atoms with E-state index >= 15 is 0 Å². The lowest BCUT2D eigenvalue weighted by molar-refractivity contribution is 0.221. The molecule has 1 heterocycles. The molecular weight excluding hydrogens is 425 g/mol. The van der Waals surface area contributed by atoms with Crippen molar-refractivity contribution < 1.29 is 27.0 Å². The SMILES string of the molecule is COc1ccc(S(=O)(=O)Nc2cnn(COc3ccc(F)cc3Cl)c2)cc1OC. The van der Waals surface area contributed by atoms with E-state index in [1.165, 1.54) is 61.6 Å². The molecule has 0 spiro atoms. The van der Waals surface area contributed by atoms with Crippen LogP contribution in [-0.2, 0) is 16.8 Å². The number of methoxy groups -OCH3 is 2. The van der Waals surface area contributed by atoms with E-state index in [1.54, 1.807) is 0 Å². The van der Waals surface area contributed by atoms with Crippen molar-refractivity contribution in [2.45, 2.75) is 11.6 Å². The van der Waals surface area contributed by atoms with Crippen LogP contribution in [-0.4, -0.2) is 32.4 Å². The van der Waals surface area contributed by atoms with Gasteiger partial charge in [-0.3, -0.25) is 4.72 Å². The first-order valence-electron chi connectivity index (χ1n) is 8.17. The van der Waals surface area contributed by atoms with Gasteiger partial charge in [0.05, 0.1) is 42.2 Å². The Balaban J connectivity index is 1.70. The van der Waals surface area contributed by atoms with Crippen molar-refractivity contribution in [3.05, 3.63) is 59.6 Å². The quantitative estimate of drug-likeness (QED) is 0.575. The van der Waals surface area contributed by atoms with Crippen LogP contribution < -0.4 is 18.9 Å². The maximum Gasteiger partial charge on any atom is 0.262 e. The molecular formula is C18H17ClFN3O5S. The largest absolute Gasteiger partial charge is 0.493 e. The Morgan fingerprint density at radius 3 is 2.52 bits per heavy atom. The van der Waals surface area contributed by atoms with Crippen LogP contribution in [0.1, 0.15) is 0 Å². The number of halogens is 2. The molecule has 0 aliphatic rings. The van der Waals surface area contributed by atoms with E-state index in [0.29, 0.717) is 5.75 Å². The summed E-state index contributed by atoms with van der Waals surface area (Å²) < 4.78 is 57.7. The molecule has 1 aromatic heterocycles. The molecule has 0 bridgehead atoms. The monoisotopic (exact) mass is 441 g/mol. The van der Waals surface area contributed by atoms with Gasteiger partial charge in [-0.05, 0) is 30.3 Å². The maximum absolute atomic E-state index is 13.1. The van der Waals surface area contributed by atoms with Gasteiger partial charge in [-0.15, -0.1) is 0 Å². The van der Waals surface area contributed by atoms with Crippen LogP contribution in [0.2, 0.25) is 5.02 Å². The molecule has 0 atom stereocenters. The summed E-state index contributed by atoms with van der Waals surface area (Å²) in [5.41, 5.74) is 0.230. The minimum atomic E-state index is -3.88. The Labute approximate surface area is 171 Å². The predicted octanol–water partition coefficient (Wildman–Crippen LogP) is 3.53. The fourth-order valence-corrected chi connectivity index (χ4v) is 3.68. The van der Waals surface area contributed by atoms with Crippen LogP contribution in [0, 0.1) is 5.82 Å². The minimum Gasteiger partial charge on any atom is -0.493 e. The van der Waals surface area contributed by atoms with E-state index in [0.717, 1.165) is 6.07 Å². The lowest BCUT2D eigenvalue weighted by Gasteiger charge is -2.10. The van der Waals surface area contributed by atoms with E-state index in [2.05, 4.69) is 9.82 Å². The summed E-state index contributed by atoms with van der Waals surface area (Å²) in [5.74, 6) is 0.496. The molecule has 0 aliphatic heterocycles. The van der Waals surface area contributed by atoms with Gasteiger partial charge in [-0.2, -0.15) is 5.10 Å². The van der Waals surface area contributed by atoms with Gasteiger partial charge in [0.25, 0.3) is 10.0 Å². The summed E-state index contributed by atoms with van der Waals surface area (Å²) in [7, 11) is -1.00. The average molecular weight is 442 g/mol. The van der Waals surface area contributed by atoms with Crippen LogP contribution in [0.3, 0.4) is 0 Å². The second-order valence-electron chi connectivity index (χ2n) is 5.74. The van der Waals surface area contributed by atoms with E-state index < -0.39 is 15.8 Å². The molecule has 11 heteroatoms. The van der Waals surface area contributed by atoms with Crippen molar-refractivity contribution in [1.82, 2.24) is 9.78 Å². The normalized spacial score (nSPS) is 11.2. The van der Waals surface area contributed by atoms with Crippen molar-refractivity contribution in [3.8, 4) is 17.2 Å². The molecule has 1 N–H and O–H groups in total. The molecule has 3 rings (SSSR count). The Morgan fingerprint density at radius 2 is 1.83 bits per heavy atom. The van der Waals surface area contributed by atoms with Crippen LogP contribution in [0.4, 0.5) is 10.1 Å². The number of nitrogens with zero attached hydrogens (tertiary/aromatic N) is 2. The minimum absolute atomic E-state index is 0.00255. The van der Waals surface area contributed by atoms with Gasteiger partial charge >= 0.3 is 0 Å². The van der Waals surface area contributed by atoms with Gasteiger partial charge in [0, 0.05) is 6.07 Å². The number of rotatable bonds is 8. The molecule has 3 aromatic rings. The lowest BCUT2D eigenvalue weighted by atomic mass is 10.3. The summed E-state index contributed by atoms with van der Waals surface area (Å²) in [6.07, 6.45) is 2.77. The summed E-state index contributed by atoms with van der Waals surface area (Å²) >= 11 is 5.90. The number of hydrogen-bond acceptors (Lipinski definition) is 6. The first-order valence-corrected chi connectivity index (χ1v) is 10.0. The maximum atomic E-state index is 13.1. The molecule has 0 aliphatic carbocycles. The number of ether oxygens (including phenoxy) is 3. The highest BCUT2D eigenvalue weighted by Crippen LogP contribution is 2.30. The van der Waals surface area contributed by atoms with Gasteiger partial charge < -0.3 is 14.2 Å². The molecule has 0 fully saturated rings. The Kier molecular flexibility index (Phi) is 6.14. The first kappa shape index (κ1) is 20.7. The van der Waals surface area contributed by atoms with Gasteiger partial charge in [-0.25, -0.2) is 17.5 Å². The second kappa shape index (κ2) is 8.58. The molecule has 0 saturated heterocycles. The molecule has 0 saturated carbocycles. The second-order valence-corrected chi connectivity index (χ2v) is 7.83. The zero-order valence-electron chi connectivity index (χ0n) is 15.4. The third-order valence-electron chi connectivity index (χ3n) is 3.80. The van der Waals surface area contributed by atoms with Crippen LogP contribution in [0.15, 0.2) is 53.7 Å². The van der Waals surface area contributed by atoms with Crippen LogP contribution in [0.25, 0.3) is 0 Å². The molecule has 2 aromatic carbocycles. The number of aromatic nitrogens is 2. The molecule has 8 nitrogen and oxygen atoms in total. The zero-order chi connectivity index (χ0) is 21.0. The number of benzene rings is 2. The van der Waals surface area contributed by atoms with E-state index in [1.807, 2.05) is 0 Å². The number of sulfonamides is 1. The molecule has 0 unspecified atom stereocenters. The lowest BCUT2D eigenvalue weighted by Crippen LogP contribution is -2.13. The molecule has 154 valence electrons. The van der Waals surface area contributed by atoms with E-state index in [-0.39, 0.29) is 33.8 Å². The summed E-state index contributed by atoms with van der Waals surface area (Å²) in [6, 6.07) is 7.98. The molecule has 29 heavy (non-hydrogen) atoms. The molecule has 0 amide bonds. The van der Waals surface area contributed by atoms with Crippen LogP contribution >= 0.6 is 11.6 Å². The fraction of sp³-hybridized carbons (Fsp3) is 0.167.